The summed E-state index contributed by atoms with van der Waals surface area (Å²) in [5.41, 5.74) is 7.30. The predicted molar refractivity (Wildman–Crippen MR) is 125 cm³/mol. The first kappa shape index (κ1) is 28.1. The van der Waals surface area contributed by atoms with Crippen LogP contribution < -0.4 is 5.73 Å². The van der Waals surface area contributed by atoms with Crippen molar-refractivity contribution in [3.05, 3.63) is 77.8 Å². The van der Waals surface area contributed by atoms with Crippen LogP contribution in [0.1, 0.15) is 46.1 Å². The normalized spacial score (nSPS) is 17.4. The molecule has 2 aromatic rings. The Bertz CT molecular complexity index is 1030. The number of benzene rings is 1. The third kappa shape index (κ3) is 7.41. The quantitative estimate of drug-likeness (QED) is 0.462. The molecule has 5 rings (SSSR count). The van der Waals surface area contributed by atoms with Crippen LogP contribution in [0.15, 0.2) is 41.5 Å². The number of amides is 1. The van der Waals surface area contributed by atoms with Crippen LogP contribution >= 0.6 is 0 Å². The second-order valence-corrected chi connectivity index (χ2v) is 7.84. The number of methoxy groups -OCH3 is 1. The van der Waals surface area contributed by atoms with Crippen LogP contribution in [0.25, 0.3) is 5.32 Å². The number of aromatic nitrogens is 1. The van der Waals surface area contributed by atoms with Gasteiger partial charge in [0.2, 0.25) is 0 Å². The van der Waals surface area contributed by atoms with E-state index in [0.717, 1.165) is 17.8 Å². The first-order valence-electron chi connectivity index (χ1n) is 10.9. The van der Waals surface area contributed by atoms with Gasteiger partial charge < -0.3 is 36.6 Å². The molecule has 1 saturated heterocycles. The molecule has 2 N–H and O–H groups in total. The Morgan fingerprint density at radius 3 is 2.61 bits per heavy atom. The number of guanidine groups is 1. The first-order valence-corrected chi connectivity index (χ1v) is 10.9. The van der Waals surface area contributed by atoms with E-state index in [1.807, 2.05) is 4.90 Å². The van der Waals surface area contributed by atoms with Gasteiger partial charge in [-0.3, -0.25) is 4.98 Å². The topological polar surface area (TPSA) is 104 Å². The minimum absolute atomic E-state index is 0. The molecular formula is C24H27F3LrN5O3-3. The monoisotopic (exact) mass is 752 g/mol. The maximum absolute atomic E-state index is 12.6. The first-order chi connectivity index (χ1) is 16.7. The molecule has 12 heteroatoms. The van der Waals surface area contributed by atoms with E-state index in [4.69, 9.17) is 10.5 Å². The summed E-state index contributed by atoms with van der Waals surface area (Å²) >= 11 is 0. The maximum Gasteiger partial charge on any atom is 0.417 e. The van der Waals surface area contributed by atoms with Crippen LogP contribution in [-0.4, -0.2) is 48.6 Å². The van der Waals surface area contributed by atoms with Gasteiger partial charge in [-0.25, -0.2) is 24.9 Å². The Kier molecular flexibility index (Phi) is 9.74. The standard InChI is InChI=1S/C19H18F3N5O2.C3H5.C2H5O.Lr/c20-19(21,22)12-2-3-13(24-8-12)9-25-17(28)11-1-4-15-14(7-11)16-10-29-6-5-27(16)18(23)26-15;1-2-3-1;1-3-2;/h1-4,7-8,16H,5-6,9-10H2,(H3,23,25,26,28);1H,2-3H2;1H2,2H3;/q;2*-1;/p-1. The van der Waals surface area contributed by atoms with Gasteiger partial charge in [-0.15, -0.1) is 0 Å². The second-order valence-electron chi connectivity index (χ2n) is 7.84. The minimum Gasteiger partial charge on any atom is -0.644 e. The van der Waals surface area contributed by atoms with Crippen molar-refractivity contribution in [3.63, 3.8) is 0 Å². The van der Waals surface area contributed by atoms with Gasteiger partial charge in [0.1, 0.15) is 0 Å². The van der Waals surface area contributed by atoms with Gasteiger partial charge in [0.25, 0.3) is 0 Å². The van der Waals surface area contributed by atoms with Crippen molar-refractivity contribution in [2.75, 3.05) is 26.9 Å². The fourth-order valence-corrected chi connectivity index (χ4v) is 3.31. The number of alkyl halides is 3. The average Bonchev–Trinajstić information content (AvgIpc) is 3.73. The molecule has 1 radical (unpaired) electrons. The second kappa shape index (κ2) is 12.5. The summed E-state index contributed by atoms with van der Waals surface area (Å²) in [7, 11) is 4.50. The predicted octanol–water partition coefficient (Wildman–Crippen LogP) is 4.56. The largest absolute Gasteiger partial charge is 0.644 e. The number of fused-ring (bicyclic) bond motifs is 3. The third-order valence-corrected chi connectivity index (χ3v) is 5.12. The number of halogens is 3. The molecule has 3 heterocycles. The number of hydrogen-bond donors (Lipinski definition) is 1. The number of ether oxygens (including phenoxy) is 2. The molecule has 1 saturated carbocycles. The summed E-state index contributed by atoms with van der Waals surface area (Å²) < 4.78 is 47.3. The summed E-state index contributed by atoms with van der Waals surface area (Å²) in [4.78, 5) is 22.5. The molecule has 3 aliphatic rings. The number of nitrogens with zero attached hydrogens (tertiary/aromatic N) is 4. The van der Waals surface area contributed by atoms with Crippen LogP contribution in [0.5, 0.6) is 0 Å². The van der Waals surface area contributed by atoms with Gasteiger partial charge in [0.05, 0.1) is 36.4 Å². The van der Waals surface area contributed by atoms with Crippen LogP contribution in [0, 0.1) is 13.5 Å². The molecule has 1 atom stereocenters. The third-order valence-electron chi connectivity index (χ3n) is 5.12. The van der Waals surface area contributed by atoms with Crippen molar-refractivity contribution in [3.8, 4) is 0 Å². The average molecular weight is 753 g/mol. The van der Waals surface area contributed by atoms with Gasteiger partial charge in [-0.05, 0) is 36.9 Å². The van der Waals surface area contributed by atoms with Crippen molar-refractivity contribution < 1.29 is 27.4 Å². The summed E-state index contributed by atoms with van der Waals surface area (Å²) in [6, 6.07) is 7.01. The van der Waals surface area contributed by atoms with Crippen LogP contribution in [0.4, 0.5) is 18.9 Å². The van der Waals surface area contributed by atoms with Gasteiger partial charge in [0.15, 0.2) is 5.96 Å². The van der Waals surface area contributed by atoms with E-state index in [-0.39, 0.29) is 18.3 Å². The van der Waals surface area contributed by atoms with Crippen molar-refractivity contribution >= 4 is 17.6 Å². The molecule has 0 bridgehead atoms. The Labute approximate surface area is 202 Å². The van der Waals surface area contributed by atoms with E-state index in [2.05, 4.69) is 33.6 Å². The van der Waals surface area contributed by atoms with E-state index >= 15 is 0 Å². The number of aliphatic imine (C=N–C) groups is 1. The maximum atomic E-state index is 12.6. The Balaban J connectivity index is 0.000000582. The van der Waals surface area contributed by atoms with Crippen LogP contribution in [0.2, 0.25) is 0 Å². The zero-order chi connectivity index (χ0) is 25.4. The number of nitrogens with two attached hydrogens (primary N) is 1. The van der Waals surface area contributed by atoms with E-state index in [9.17, 15) is 18.0 Å². The van der Waals surface area contributed by atoms with Crippen LogP contribution in [-0.2, 0) is 22.2 Å². The van der Waals surface area contributed by atoms with Crippen molar-refractivity contribution in [1.29, 1.82) is 0 Å². The summed E-state index contributed by atoms with van der Waals surface area (Å²) in [5, 5.41) is 3.94. The Morgan fingerprint density at radius 1 is 1.33 bits per heavy atom. The fourth-order valence-electron chi connectivity index (χ4n) is 3.31. The number of pyridine rings is 1. The zero-order valence-corrected chi connectivity index (χ0v) is 21.7. The molecule has 1 unspecified atom stereocenters. The molecule has 1 amide bonds. The summed E-state index contributed by atoms with van der Waals surface area (Å²) in [6.45, 7) is 1.49. The molecule has 36 heavy (non-hydrogen) atoms. The number of rotatable bonds is 3. The smallest absolute Gasteiger partial charge is 0.417 e. The van der Waals surface area contributed by atoms with Crippen molar-refractivity contribution in [1.82, 2.24) is 9.88 Å². The van der Waals surface area contributed by atoms with E-state index in [1.54, 1.807) is 18.2 Å². The van der Waals surface area contributed by atoms with Crippen LogP contribution in [0.3, 0.4) is 0 Å². The molecule has 0 spiro atoms. The Hall–Kier alpha value is -4.18. The van der Waals surface area contributed by atoms with E-state index < -0.39 is 17.6 Å². The van der Waals surface area contributed by atoms with Crippen molar-refractivity contribution in [2.24, 2.45) is 10.7 Å². The number of carbonyl (C=O) groups excluding carboxylic acids is 1. The van der Waals surface area contributed by atoms with Gasteiger partial charge in [-0.2, -0.15) is 13.2 Å². The SMILES string of the molecule is NC1=Nc2ccc(C(=O)[N-]Cc3ccc(C(F)(F)F)cn3)cc2C2COCCN12.[CH-]1CC1.[CH2-]OC.[Lr]. The molecule has 8 nitrogen and oxygen atoms in total. The number of morpholine rings is 1. The summed E-state index contributed by atoms with van der Waals surface area (Å²) in [6.07, 6.45) is 1.28. The molecule has 1 aliphatic carbocycles. The molecular weight excluding hydrogens is 725 g/mol. The molecule has 2 aliphatic heterocycles. The molecule has 2 fully saturated rings. The Morgan fingerprint density at radius 2 is 2.03 bits per heavy atom. The minimum atomic E-state index is -4.45. The molecule has 1 aromatic carbocycles. The van der Waals surface area contributed by atoms with E-state index in [0.29, 0.717) is 37.0 Å². The van der Waals surface area contributed by atoms with Gasteiger partial charge in [0, 0.05) is 24.0 Å². The van der Waals surface area contributed by atoms with Gasteiger partial charge >= 0.3 is 6.18 Å². The van der Waals surface area contributed by atoms with E-state index in [1.165, 1.54) is 26.0 Å². The summed E-state index contributed by atoms with van der Waals surface area (Å²) in [5.74, 6) is -0.0664. The van der Waals surface area contributed by atoms with Gasteiger partial charge in [-0.1, -0.05) is 12.6 Å². The zero-order valence-electron chi connectivity index (χ0n) is 19.6. The van der Waals surface area contributed by atoms with Crippen molar-refractivity contribution in [2.45, 2.75) is 31.6 Å². The molecule has 205 valence electrons. The fraction of sp³-hybridized carbons (Fsp3) is 0.375. The molecule has 1 aromatic heterocycles. The number of carbonyl (C=O) groups is 1. The number of hydrogen-bond acceptors (Lipinski definition) is 7.